The third-order valence-corrected chi connectivity index (χ3v) is 2.11. The molecule has 1 aromatic carbocycles. The molecule has 0 radical (unpaired) electrons. The molecular formula is C9H10BrF2N. The van der Waals surface area contributed by atoms with Gasteiger partial charge in [0.05, 0.1) is 5.69 Å². The SMILES string of the molecule is CC(C)Nc1cc(F)c(F)cc1Br. The molecule has 0 aromatic heterocycles. The van der Waals surface area contributed by atoms with Crippen molar-refractivity contribution in [2.45, 2.75) is 19.9 Å². The molecule has 0 aliphatic carbocycles. The maximum absolute atomic E-state index is 12.8. The van der Waals surface area contributed by atoms with E-state index in [-0.39, 0.29) is 6.04 Å². The molecule has 1 aromatic rings. The Kier molecular flexibility index (Phi) is 3.25. The van der Waals surface area contributed by atoms with Crippen LogP contribution < -0.4 is 5.32 Å². The summed E-state index contributed by atoms with van der Waals surface area (Å²) in [6, 6.07) is 2.43. The molecule has 0 fully saturated rings. The monoisotopic (exact) mass is 249 g/mol. The van der Waals surface area contributed by atoms with Crippen molar-refractivity contribution in [1.29, 1.82) is 0 Å². The molecule has 0 saturated carbocycles. The molecule has 1 rings (SSSR count). The minimum atomic E-state index is -0.846. The van der Waals surface area contributed by atoms with E-state index in [2.05, 4.69) is 21.2 Å². The number of nitrogens with one attached hydrogen (secondary N) is 1. The zero-order chi connectivity index (χ0) is 10.0. The predicted octanol–water partition coefficient (Wildman–Crippen LogP) is 3.55. The van der Waals surface area contributed by atoms with E-state index in [9.17, 15) is 8.78 Å². The van der Waals surface area contributed by atoms with E-state index in [1.807, 2.05) is 13.8 Å². The summed E-state index contributed by atoms with van der Waals surface area (Å²) in [6.45, 7) is 3.85. The van der Waals surface area contributed by atoms with Crippen molar-refractivity contribution in [1.82, 2.24) is 0 Å². The molecular weight excluding hydrogens is 240 g/mol. The van der Waals surface area contributed by atoms with Gasteiger partial charge in [-0.3, -0.25) is 0 Å². The first-order valence-electron chi connectivity index (χ1n) is 3.92. The highest BCUT2D eigenvalue weighted by molar-refractivity contribution is 9.10. The van der Waals surface area contributed by atoms with Crippen LogP contribution in [0.5, 0.6) is 0 Å². The first-order valence-corrected chi connectivity index (χ1v) is 4.71. The lowest BCUT2D eigenvalue weighted by atomic mass is 10.2. The first kappa shape index (κ1) is 10.4. The molecule has 0 bridgehead atoms. The van der Waals surface area contributed by atoms with Gasteiger partial charge in [0.15, 0.2) is 11.6 Å². The Bertz CT molecular complexity index is 313. The maximum atomic E-state index is 12.8. The Morgan fingerprint density at radius 2 is 1.77 bits per heavy atom. The highest BCUT2D eigenvalue weighted by atomic mass is 79.9. The summed E-state index contributed by atoms with van der Waals surface area (Å²) in [4.78, 5) is 0. The largest absolute Gasteiger partial charge is 0.382 e. The van der Waals surface area contributed by atoms with Crippen LogP contribution in [0.15, 0.2) is 16.6 Å². The summed E-state index contributed by atoms with van der Waals surface area (Å²) in [5.41, 5.74) is 0.564. The average Bonchev–Trinajstić information content (AvgIpc) is 1.99. The lowest BCUT2D eigenvalue weighted by Gasteiger charge is -2.11. The number of halogens is 3. The van der Waals surface area contributed by atoms with Crippen LogP contribution in [0.3, 0.4) is 0 Å². The van der Waals surface area contributed by atoms with E-state index in [1.54, 1.807) is 0 Å². The fourth-order valence-electron chi connectivity index (χ4n) is 0.944. The fourth-order valence-corrected chi connectivity index (χ4v) is 1.37. The van der Waals surface area contributed by atoms with Gasteiger partial charge in [-0.15, -0.1) is 0 Å². The van der Waals surface area contributed by atoms with Crippen LogP contribution >= 0.6 is 15.9 Å². The second-order valence-electron chi connectivity index (χ2n) is 3.05. The van der Waals surface area contributed by atoms with Crippen LogP contribution in [-0.4, -0.2) is 6.04 Å². The van der Waals surface area contributed by atoms with Crippen LogP contribution in [0.2, 0.25) is 0 Å². The molecule has 0 spiro atoms. The first-order chi connectivity index (χ1) is 6.00. The van der Waals surface area contributed by atoms with E-state index in [0.29, 0.717) is 10.2 Å². The quantitative estimate of drug-likeness (QED) is 0.791. The van der Waals surface area contributed by atoms with Crippen LogP contribution in [0.25, 0.3) is 0 Å². The van der Waals surface area contributed by atoms with E-state index in [0.717, 1.165) is 12.1 Å². The highest BCUT2D eigenvalue weighted by Crippen LogP contribution is 2.25. The Labute approximate surface area is 84.3 Å². The standard InChI is InChI=1S/C9H10BrF2N/c1-5(2)13-9-4-8(12)7(11)3-6(9)10/h3-5,13H,1-2H3. The molecule has 1 nitrogen and oxygen atoms in total. The molecule has 72 valence electrons. The normalized spacial score (nSPS) is 10.6. The van der Waals surface area contributed by atoms with Crippen molar-refractivity contribution >= 4 is 21.6 Å². The lowest BCUT2D eigenvalue weighted by Crippen LogP contribution is -2.10. The summed E-state index contributed by atoms with van der Waals surface area (Å²) >= 11 is 3.14. The predicted molar refractivity (Wildman–Crippen MR) is 52.8 cm³/mol. The van der Waals surface area contributed by atoms with Gasteiger partial charge in [0.1, 0.15) is 0 Å². The second kappa shape index (κ2) is 4.05. The Hall–Kier alpha value is -0.640. The molecule has 4 heteroatoms. The van der Waals surface area contributed by atoms with Gasteiger partial charge in [0, 0.05) is 16.6 Å². The van der Waals surface area contributed by atoms with E-state index in [4.69, 9.17) is 0 Å². The van der Waals surface area contributed by atoms with Crippen molar-refractivity contribution in [3.05, 3.63) is 28.2 Å². The summed E-state index contributed by atoms with van der Waals surface area (Å²) in [7, 11) is 0. The van der Waals surface area contributed by atoms with E-state index < -0.39 is 11.6 Å². The zero-order valence-electron chi connectivity index (χ0n) is 7.37. The number of benzene rings is 1. The van der Waals surface area contributed by atoms with Gasteiger partial charge in [0.25, 0.3) is 0 Å². The number of hydrogen-bond acceptors (Lipinski definition) is 1. The number of rotatable bonds is 2. The molecule has 0 aliphatic heterocycles. The summed E-state index contributed by atoms with van der Waals surface area (Å²) in [6.07, 6.45) is 0. The fraction of sp³-hybridized carbons (Fsp3) is 0.333. The Balaban J connectivity index is 3.01. The Morgan fingerprint density at radius 1 is 1.23 bits per heavy atom. The van der Waals surface area contributed by atoms with Gasteiger partial charge < -0.3 is 5.32 Å². The summed E-state index contributed by atoms with van der Waals surface area (Å²) < 4.78 is 26.0. The van der Waals surface area contributed by atoms with Crippen LogP contribution in [-0.2, 0) is 0 Å². The zero-order valence-corrected chi connectivity index (χ0v) is 8.95. The van der Waals surface area contributed by atoms with Gasteiger partial charge in [-0.1, -0.05) is 0 Å². The van der Waals surface area contributed by atoms with Crippen molar-refractivity contribution in [3.63, 3.8) is 0 Å². The molecule has 0 atom stereocenters. The van der Waals surface area contributed by atoms with Gasteiger partial charge >= 0.3 is 0 Å². The highest BCUT2D eigenvalue weighted by Gasteiger charge is 2.08. The van der Waals surface area contributed by atoms with E-state index in [1.165, 1.54) is 0 Å². The number of hydrogen-bond donors (Lipinski definition) is 1. The third-order valence-electron chi connectivity index (χ3n) is 1.45. The van der Waals surface area contributed by atoms with Gasteiger partial charge in [-0.2, -0.15) is 0 Å². The van der Waals surface area contributed by atoms with Crippen LogP contribution in [0, 0.1) is 11.6 Å². The molecule has 0 saturated heterocycles. The topological polar surface area (TPSA) is 12.0 Å². The van der Waals surface area contributed by atoms with Crippen molar-refractivity contribution in [2.24, 2.45) is 0 Å². The molecule has 0 aliphatic rings. The second-order valence-corrected chi connectivity index (χ2v) is 3.90. The van der Waals surface area contributed by atoms with Gasteiger partial charge in [-0.05, 0) is 35.8 Å². The molecule has 0 unspecified atom stereocenters. The van der Waals surface area contributed by atoms with Crippen molar-refractivity contribution in [2.75, 3.05) is 5.32 Å². The lowest BCUT2D eigenvalue weighted by molar-refractivity contribution is 0.508. The smallest absolute Gasteiger partial charge is 0.160 e. The average molecular weight is 250 g/mol. The van der Waals surface area contributed by atoms with Crippen LogP contribution in [0.1, 0.15) is 13.8 Å². The van der Waals surface area contributed by atoms with Gasteiger partial charge in [-0.25, -0.2) is 8.78 Å². The Morgan fingerprint density at radius 3 is 2.31 bits per heavy atom. The summed E-state index contributed by atoms with van der Waals surface area (Å²) in [5.74, 6) is -1.69. The van der Waals surface area contributed by atoms with Crippen molar-refractivity contribution in [3.8, 4) is 0 Å². The third kappa shape index (κ3) is 2.66. The number of anilines is 1. The van der Waals surface area contributed by atoms with Gasteiger partial charge in [0.2, 0.25) is 0 Å². The molecule has 13 heavy (non-hydrogen) atoms. The molecule has 0 amide bonds. The molecule has 1 N–H and O–H groups in total. The summed E-state index contributed by atoms with van der Waals surface area (Å²) in [5, 5.41) is 2.99. The maximum Gasteiger partial charge on any atom is 0.160 e. The van der Waals surface area contributed by atoms with Crippen LogP contribution in [0.4, 0.5) is 14.5 Å². The minimum absolute atomic E-state index is 0.182. The minimum Gasteiger partial charge on any atom is -0.382 e. The molecule has 0 heterocycles. The van der Waals surface area contributed by atoms with Crippen molar-refractivity contribution < 1.29 is 8.78 Å². The van der Waals surface area contributed by atoms with E-state index >= 15 is 0 Å².